The van der Waals surface area contributed by atoms with Crippen LogP contribution in [-0.4, -0.2) is 83.0 Å². The molecule has 6 heteroatoms. The molecule has 0 unspecified atom stereocenters. The molecule has 0 atom stereocenters. The van der Waals surface area contributed by atoms with Gasteiger partial charge in [-0.2, -0.15) is 0 Å². The Hall–Kier alpha value is -1.92. The van der Waals surface area contributed by atoms with Crippen molar-refractivity contribution in [2.45, 2.75) is 66.8 Å². The fourth-order valence-corrected chi connectivity index (χ4v) is 4.45. The van der Waals surface area contributed by atoms with Crippen LogP contribution in [0.25, 0.3) is 10.9 Å². The van der Waals surface area contributed by atoms with Crippen molar-refractivity contribution in [3.63, 3.8) is 0 Å². The van der Waals surface area contributed by atoms with Gasteiger partial charge in [-0.15, -0.1) is 0 Å². The van der Waals surface area contributed by atoms with Gasteiger partial charge in [0.1, 0.15) is 6.54 Å². The molecule has 4 rings (SSSR count). The second-order valence-corrected chi connectivity index (χ2v) is 9.26. The Morgan fingerprint density at radius 2 is 1.67 bits per heavy atom. The first kappa shape index (κ1) is 27.3. The number of carbonyl (C=O) groups is 1. The smallest absolute Gasteiger partial charge is 0.242 e. The van der Waals surface area contributed by atoms with Gasteiger partial charge in [-0.1, -0.05) is 40.5 Å². The molecule has 2 aliphatic heterocycles. The van der Waals surface area contributed by atoms with Gasteiger partial charge in [0.05, 0.1) is 5.52 Å². The summed E-state index contributed by atoms with van der Waals surface area (Å²) in [6.07, 6.45) is 10.7. The third-order valence-electron chi connectivity index (χ3n) is 6.77. The van der Waals surface area contributed by atoms with E-state index in [0.717, 1.165) is 42.8 Å². The molecule has 2 fully saturated rings. The summed E-state index contributed by atoms with van der Waals surface area (Å²) in [5, 5.41) is 1.14. The van der Waals surface area contributed by atoms with Crippen molar-refractivity contribution in [3.05, 3.63) is 30.2 Å². The predicted octanol–water partition coefficient (Wildman–Crippen LogP) is 4.66. The van der Waals surface area contributed by atoms with Crippen LogP contribution in [0.15, 0.2) is 24.7 Å². The number of carbonyl (C=O) groups excluding carboxylic acids is 1. The van der Waals surface area contributed by atoms with E-state index in [9.17, 15) is 4.79 Å². The van der Waals surface area contributed by atoms with Crippen LogP contribution < -0.4 is 0 Å². The monoisotopic (exact) mass is 457 g/mol. The summed E-state index contributed by atoms with van der Waals surface area (Å²) >= 11 is 0. The van der Waals surface area contributed by atoms with Gasteiger partial charge in [0.25, 0.3) is 0 Å². The molecule has 0 aliphatic carbocycles. The molecule has 0 aromatic carbocycles. The van der Waals surface area contributed by atoms with Gasteiger partial charge >= 0.3 is 0 Å². The number of nitrogens with zero attached hydrogens (tertiary/aromatic N) is 5. The topological polar surface area (TPSA) is 44.6 Å². The Morgan fingerprint density at radius 1 is 1.03 bits per heavy atom. The number of piperazine rings is 1. The molecule has 0 N–H and O–H groups in total. The van der Waals surface area contributed by atoms with E-state index >= 15 is 0 Å². The molecule has 2 saturated heterocycles. The molecule has 2 aromatic heterocycles. The molecule has 0 spiro atoms. The number of likely N-dealkylation sites (tertiary alicyclic amines) is 1. The molecular formula is C27H47N5O. The van der Waals surface area contributed by atoms with Gasteiger partial charge < -0.3 is 19.3 Å². The van der Waals surface area contributed by atoms with Crippen molar-refractivity contribution in [1.82, 2.24) is 24.3 Å². The number of aryl methyl sites for hydroxylation is 1. The number of amides is 1. The second-order valence-electron chi connectivity index (χ2n) is 9.26. The largest absolute Gasteiger partial charge is 0.341 e. The number of hydrogen-bond acceptors (Lipinski definition) is 4. The lowest BCUT2D eigenvalue weighted by Gasteiger charge is -2.38. The molecule has 6 nitrogen and oxygen atoms in total. The minimum Gasteiger partial charge on any atom is -0.341 e. The zero-order valence-corrected chi connectivity index (χ0v) is 22.0. The van der Waals surface area contributed by atoms with Gasteiger partial charge in [-0.05, 0) is 44.4 Å². The summed E-state index contributed by atoms with van der Waals surface area (Å²) in [6.45, 7) is 18.6. The number of rotatable bonds is 5. The van der Waals surface area contributed by atoms with Crippen LogP contribution in [0, 0.1) is 12.8 Å². The molecule has 0 bridgehead atoms. The van der Waals surface area contributed by atoms with E-state index in [4.69, 9.17) is 0 Å². The first-order valence-corrected chi connectivity index (χ1v) is 13.1. The number of aromatic nitrogens is 2. The normalized spacial score (nSPS) is 17.8. The first-order chi connectivity index (χ1) is 16.0. The summed E-state index contributed by atoms with van der Waals surface area (Å²) < 4.78 is 2.07. The van der Waals surface area contributed by atoms with Crippen molar-refractivity contribution in [1.29, 1.82) is 0 Å². The molecule has 33 heavy (non-hydrogen) atoms. The maximum absolute atomic E-state index is 12.8. The summed E-state index contributed by atoms with van der Waals surface area (Å²) in [5.74, 6) is 0.972. The molecule has 0 saturated carbocycles. The number of piperidine rings is 1. The van der Waals surface area contributed by atoms with Gasteiger partial charge in [0.15, 0.2) is 0 Å². The van der Waals surface area contributed by atoms with Crippen molar-refractivity contribution < 1.29 is 4.79 Å². The van der Waals surface area contributed by atoms with Crippen molar-refractivity contribution in [2.75, 3.05) is 52.9 Å². The zero-order chi connectivity index (χ0) is 24.2. The van der Waals surface area contributed by atoms with E-state index in [1.807, 2.05) is 26.1 Å². The number of likely N-dealkylation sites (N-methyl/N-ethyl adjacent to an activating group) is 1. The first-order valence-electron chi connectivity index (χ1n) is 13.1. The summed E-state index contributed by atoms with van der Waals surface area (Å²) in [4.78, 5) is 24.1. The van der Waals surface area contributed by atoms with E-state index in [1.165, 1.54) is 51.1 Å². The van der Waals surface area contributed by atoms with Crippen LogP contribution in [0.4, 0.5) is 0 Å². The van der Waals surface area contributed by atoms with Crippen molar-refractivity contribution in [3.8, 4) is 0 Å². The Morgan fingerprint density at radius 3 is 2.27 bits per heavy atom. The van der Waals surface area contributed by atoms with Crippen LogP contribution in [0.1, 0.15) is 58.9 Å². The minimum atomic E-state index is 0.238. The average Bonchev–Trinajstić information content (AvgIpc) is 3.17. The Bertz CT molecular complexity index is 815. The van der Waals surface area contributed by atoms with E-state index in [2.05, 4.69) is 58.3 Å². The Labute approximate surface area is 201 Å². The highest BCUT2D eigenvalue weighted by atomic mass is 16.2. The Balaban J connectivity index is 0.000000582. The highest BCUT2D eigenvalue weighted by Crippen LogP contribution is 2.22. The van der Waals surface area contributed by atoms with Crippen LogP contribution in [0.2, 0.25) is 0 Å². The molecule has 2 aromatic rings. The molecule has 186 valence electrons. The van der Waals surface area contributed by atoms with Gasteiger partial charge in [0.2, 0.25) is 5.91 Å². The van der Waals surface area contributed by atoms with Gasteiger partial charge in [-0.3, -0.25) is 9.78 Å². The lowest BCUT2D eigenvalue weighted by molar-refractivity contribution is -0.133. The van der Waals surface area contributed by atoms with E-state index in [0.29, 0.717) is 6.54 Å². The molecule has 1 amide bonds. The number of pyridine rings is 1. The second kappa shape index (κ2) is 14.4. The minimum absolute atomic E-state index is 0.238. The third-order valence-corrected chi connectivity index (χ3v) is 6.77. The maximum atomic E-state index is 12.8. The van der Waals surface area contributed by atoms with Crippen LogP contribution in [-0.2, 0) is 11.3 Å². The molecular weight excluding hydrogens is 410 g/mol. The van der Waals surface area contributed by atoms with Gasteiger partial charge in [-0.25, -0.2) is 0 Å². The van der Waals surface area contributed by atoms with Crippen LogP contribution >= 0.6 is 0 Å². The number of hydrogen-bond donors (Lipinski definition) is 0. The Kier molecular flexibility index (Phi) is 11.9. The number of fused-ring (bicyclic) bond motifs is 1. The summed E-state index contributed by atoms with van der Waals surface area (Å²) in [5.41, 5.74) is 2.28. The SMILES string of the molecule is CC.CCCC.Cc1cn(CC(=O)N2CCC(CN3CCN(C)CC3)CC2)c2ccncc12. The zero-order valence-electron chi connectivity index (χ0n) is 22.0. The quantitative estimate of drug-likeness (QED) is 0.655. The fourth-order valence-electron chi connectivity index (χ4n) is 4.45. The third kappa shape index (κ3) is 8.11. The summed E-state index contributed by atoms with van der Waals surface area (Å²) in [7, 11) is 2.20. The highest BCUT2D eigenvalue weighted by Gasteiger charge is 2.25. The van der Waals surface area contributed by atoms with Gasteiger partial charge in [0, 0.05) is 69.8 Å². The molecule has 0 radical (unpaired) electrons. The predicted molar refractivity (Wildman–Crippen MR) is 140 cm³/mol. The fraction of sp³-hybridized carbons (Fsp3) is 0.704. The van der Waals surface area contributed by atoms with E-state index < -0.39 is 0 Å². The standard InChI is InChI=1S/C21H31N5O.C4H10.C2H6/c1-17-14-26(20-3-6-22-13-19(17)20)16-21(27)25-7-4-18(5-8-25)15-24-11-9-23(2)10-12-24;1-3-4-2;1-2/h3,6,13-14,18H,4-5,7-12,15-16H2,1-2H3;3-4H2,1-2H3;1-2H3. The summed E-state index contributed by atoms with van der Waals surface area (Å²) in [6, 6.07) is 2.00. The highest BCUT2D eigenvalue weighted by molar-refractivity contribution is 5.85. The van der Waals surface area contributed by atoms with Crippen molar-refractivity contribution >= 4 is 16.8 Å². The molecule has 4 heterocycles. The lowest BCUT2D eigenvalue weighted by atomic mass is 9.96. The maximum Gasteiger partial charge on any atom is 0.242 e. The lowest BCUT2D eigenvalue weighted by Crippen LogP contribution is -2.48. The van der Waals surface area contributed by atoms with E-state index in [-0.39, 0.29) is 5.91 Å². The van der Waals surface area contributed by atoms with Crippen LogP contribution in [0.5, 0.6) is 0 Å². The van der Waals surface area contributed by atoms with Crippen molar-refractivity contribution in [2.24, 2.45) is 5.92 Å². The number of unbranched alkanes of at least 4 members (excludes halogenated alkanes) is 1. The average molecular weight is 458 g/mol. The van der Waals surface area contributed by atoms with E-state index in [1.54, 1.807) is 6.20 Å². The molecule has 2 aliphatic rings. The van der Waals surface area contributed by atoms with Crippen LogP contribution in [0.3, 0.4) is 0 Å².